The van der Waals surface area contributed by atoms with Crippen LogP contribution in [0, 0.1) is 0 Å². The third kappa shape index (κ3) is 11.5. The van der Waals surface area contributed by atoms with Crippen LogP contribution in [0.1, 0.15) is 6.92 Å². The average Bonchev–Trinajstić information content (AvgIpc) is 2.19. The zero-order valence-electron chi connectivity index (χ0n) is 8.81. The molecule has 4 nitrogen and oxygen atoms in total. The van der Waals surface area contributed by atoms with Gasteiger partial charge in [-0.15, -0.1) is 0 Å². The number of carboxylic acids is 1. The van der Waals surface area contributed by atoms with Crippen molar-refractivity contribution in [3.63, 3.8) is 0 Å². The fraction of sp³-hybridized carbons (Fsp3) is 0.300. The fourth-order valence-electron chi connectivity index (χ4n) is 0.908. The third-order valence-electron chi connectivity index (χ3n) is 1.46. The summed E-state index contributed by atoms with van der Waals surface area (Å²) in [6.45, 7) is 2.10. The topological polar surface area (TPSA) is 69.6 Å². The molecule has 3 N–H and O–H groups in total. The van der Waals surface area contributed by atoms with E-state index in [1.807, 2.05) is 6.07 Å². The first-order valence-electron chi connectivity index (χ1n) is 4.72. The Balaban J connectivity index is 0.000000423. The molecule has 15 heavy (non-hydrogen) atoms. The van der Waals surface area contributed by atoms with Crippen molar-refractivity contribution >= 4 is 9.04 Å². The number of nitrogens with one attached hydrogen (secondary N) is 1. The van der Waals surface area contributed by atoms with E-state index < -0.39 is 30.8 Å². The minimum atomic E-state index is -1.03. The summed E-state index contributed by atoms with van der Waals surface area (Å²) in [7, 11) is 0. The molecule has 1 aromatic carbocycles. The zero-order valence-corrected chi connectivity index (χ0v) is 14.3. The number of benzene rings is 1. The van der Waals surface area contributed by atoms with E-state index in [9.17, 15) is 0 Å². The van der Waals surface area contributed by atoms with Crippen molar-refractivity contribution in [1.29, 1.82) is 0 Å². The molecular formula is C10H15HgNO3. The molecule has 1 aromatic rings. The number of aliphatic carboxylic acids is 1. The summed E-state index contributed by atoms with van der Waals surface area (Å²) < 4.78 is 4.80. The van der Waals surface area contributed by atoms with Gasteiger partial charge < -0.3 is 5.11 Å². The third-order valence-corrected chi connectivity index (χ3v) is 7.23. The normalized spacial score (nSPS) is 8.40. The molecule has 5 heteroatoms. The summed E-state index contributed by atoms with van der Waals surface area (Å²) in [5.41, 5.74) is 0. The molecule has 0 aliphatic carbocycles. The van der Waals surface area contributed by atoms with E-state index in [1.165, 1.54) is 3.07 Å². The average molecular weight is 398 g/mol. The first-order valence-corrected chi connectivity index (χ1v) is 10.2. The molecule has 0 spiro atoms. The summed E-state index contributed by atoms with van der Waals surface area (Å²) in [5, 5.41) is 15.9. The van der Waals surface area contributed by atoms with Gasteiger partial charge in [-0.05, 0) is 0 Å². The summed E-state index contributed by atoms with van der Waals surface area (Å²) in [6.07, 6.45) is 0. The van der Waals surface area contributed by atoms with Gasteiger partial charge in [0, 0.05) is 6.92 Å². The van der Waals surface area contributed by atoms with Crippen LogP contribution in [0.4, 0.5) is 0 Å². The molecule has 0 aromatic heterocycles. The number of rotatable bonds is 4. The molecule has 80 valence electrons. The van der Waals surface area contributed by atoms with Crippen molar-refractivity contribution in [3.8, 4) is 0 Å². The molecule has 0 atom stereocenters. The zero-order chi connectivity index (χ0) is 11.5. The van der Waals surface area contributed by atoms with Gasteiger partial charge in [0.15, 0.2) is 0 Å². The van der Waals surface area contributed by atoms with Crippen LogP contribution in [0.3, 0.4) is 0 Å². The Kier molecular flexibility index (Phi) is 9.77. The van der Waals surface area contributed by atoms with Gasteiger partial charge in [0.25, 0.3) is 5.97 Å². The Morgan fingerprint density at radius 1 is 1.40 bits per heavy atom. The molecule has 0 unspecified atom stereocenters. The summed E-state index contributed by atoms with van der Waals surface area (Å²) >= 11 is -1.03. The molecule has 0 heterocycles. The number of aliphatic hydroxyl groups is 1. The van der Waals surface area contributed by atoms with Gasteiger partial charge in [-0.3, -0.25) is 4.79 Å². The van der Waals surface area contributed by atoms with Crippen LogP contribution in [0.15, 0.2) is 30.3 Å². The number of hydrogen-bond acceptors (Lipinski definition) is 3. The second kappa shape index (κ2) is 10.1. The van der Waals surface area contributed by atoms with E-state index in [0.29, 0.717) is 0 Å². The molecule has 0 saturated carbocycles. The van der Waals surface area contributed by atoms with Crippen LogP contribution in [-0.2, 0) is 29.7 Å². The maximum absolute atomic E-state index is 9.00. The van der Waals surface area contributed by atoms with Crippen molar-refractivity contribution < 1.29 is 39.9 Å². The first-order chi connectivity index (χ1) is 7.16. The molecule has 0 aliphatic heterocycles. The Morgan fingerprint density at radius 3 is 2.40 bits per heavy atom. The molecule has 1 rings (SSSR count). The molecule has 0 amide bonds. The molecule has 0 bridgehead atoms. The second-order valence-corrected chi connectivity index (χ2v) is 9.40. The maximum atomic E-state index is 9.00. The summed E-state index contributed by atoms with van der Waals surface area (Å²) in [5.74, 6) is -0.833. The van der Waals surface area contributed by atoms with E-state index in [2.05, 4.69) is 27.3 Å². The van der Waals surface area contributed by atoms with Crippen LogP contribution in [0.25, 0.3) is 0 Å². The number of carbonyl (C=O) groups is 1. The number of hydrogen-bond donors (Lipinski definition) is 3. The predicted molar refractivity (Wildman–Crippen MR) is 54.5 cm³/mol. The first kappa shape index (κ1) is 14.5. The van der Waals surface area contributed by atoms with E-state index in [4.69, 9.17) is 15.0 Å². The fourth-order valence-corrected chi connectivity index (χ4v) is 5.31. The predicted octanol–water partition coefficient (Wildman–Crippen LogP) is -0.0178. The Hall–Kier alpha value is -0.455. The van der Waals surface area contributed by atoms with Crippen LogP contribution in [-0.4, -0.2) is 29.3 Å². The van der Waals surface area contributed by atoms with E-state index in [0.717, 1.165) is 13.5 Å². The minimum absolute atomic E-state index is 0.257. The summed E-state index contributed by atoms with van der Waals surface area (Å²) in [6, 6.07) is 10.5. The van der Waals surface area contributed by atoms with E-state index in [-0.39, 0.29) is 6.61 Å². The van der Waals surface area contributed by atoms with Gasteiger partial charge in [0.2, 0.25) is 0 Å². The van der Waals surface area contributed by atoms with Gasteiger partial charge in [0.05, 0.1) is 0 Å². The van der Waals surface area contributed by atoms with Gasteiger partial charge in [-0.2, -0.15) is 0 Å². The Morgan fingerprint density at radius 2 is 1.93 bits per heavy atom. The van der Waals surface area contributed by atoms with Crippen LogP contribution >= 0.6 is 0 Å². The van der Waals surface area contributed by atoms with Crippen LogP contribution in [0.2, 0.25) is 0 Å². The Bertz CT molecular complexity index is 263. The van der Waals surface area contributed by atoms with Crippen molar-refractivity contribution in [2.24, 2.45) is 0 Å². The van der Waals surface area contributed by atoms with Gasteiger partial charge in [0.1, 0.15) is 0 Å². The number of aliphatic hydroxyl groups excluding tert-OH is 1. The summed E-state index contributed by atoms with van der Waals surface area (Å²) in [4.78, 5) is 9.00. The van der Waals surface area contributed by atoms with Crippen molar-refractivity contribution in [1.82, 2.24) is 3.08 Å². The van der Waals surface area contributed by atoms with Gasteiger partial charge >= 0.3 is 79.6 Å². The van der Waals surface area contributed by atoms with Gasteiger partial charge in [-0.1, -0.05) is 0 Å². The molecule has 0 radical (unpaired) electrons. The number of carboxylic acid groups (broad SMARTS) is 1. The van der Waals surface area contributed by atoms with Crippen LogP contribution in [0.5, 0.6) is 0 Å². The van der Waals surface area contributed by atoms with E-state index >= 15 is 0 Å². The van der Waals surface area contributed by atoms with Crippen LogP contribution < -0.4 is 6.15 Å². The molecular weight excluding hydrogens is 383 g/mol. The molecule has 0 aliphatic rings. The standard InChI is InChI=1S/C6H5.C2H6NO.C2H4O2.Hg/c1-2-4-6-5-3-1;3-1-2-4;1-2(3)4;/h1-5H;3-4H,1-2H2;1H3,(H,3,4);/q;-1;;+1. The monoisotopic (exact) mass is 399 g/mol. The van der Waals surface area contributed by atoms with Crippen molar-refractivity contribution in [3.05, 3.63) is 30.3 Å². The molecule has 0 saturated heterocycles. The van der Waals surface area contributed by atoms with Crippen molar-refractivity contribution in [2.75, 3.05) is 13.2 Å². The second-order valence-electron chi connectivity index (χ2n) is 2.91. The quantitative estimate of drug-likeness (QED) is 0.493. The Labute approximate surface area is 102 Å². The van der Waals surface area contributed by atoms with Gasteiger partial charge in [-0.25, -0.2) is 0 Å². The van der Waals surface area contributed by atoms with Crippen molar-refractivity contribution in [2.45, 2.75) is 6.92 Å². The van der Waals surface area contributed by atoms with E-state index in [1.54, 1.807) is 0 Å². The molecule has 0 fully saturated rings. The SMILES string of the molecule is CC(=O)O.OCC[NH][Hg][c]1ccccc1.